The highest BCUT2D eigenvalue weighted by molar-refractivity contribution is 7.99. The second-order valence-electron chi connectivity index (χ2n) is 10.9. The summed E-state index contributed by atoms with van der Waals surface area (Å²) < 4.78 is 6.22. The Hall–Kier alpha value is -2.76. The van der Waals surface area contributed by atoms with Crippen molar-refractivity contribution in [1.29, 1.82) is 0 Å². The van der Waals surface area contributed by atoms with Crippen molar-refractivity contribution in [3.05, 3.63) is 101 Å². The summed E-state index contributed by atoms with van der Waals surface area (Å²) in [6.45, 7) is 7.47. The van der Waals surface area contributed by atoms with Crippen LogP contribution in [0.3, 0.4) is 0 Å². The topological polar surface area (TPSA) is 49.8 Å². The molecule has 5 rings (SSSR count). The molecule has 0 radical (unpaired) electrons. The minimum Gasteiger partial charge on any atom is -0.489 e. The molecule has 0 saturated carbocycles. The van der Waals surface area contributed by atoms with E-state index in [1.807, 2.05) is 23.9 Å². The second-order valence-corrected chi connectivity index (χ2v) is 12.1. The number of aliphatic carboxylic acids is 1. The van der Waals surface area contributed by atoms with Crippen molar-refractivity contribution < 1.29 is 14.6 Å². The molecule has 194 valence electrons. The Kier molecular flexibility index (Phi) is 7.92. The molecule has 2 heterocycles. The summed E-state index contributed by atoms with van der Waals surface area (Å²) in [4.78, 5) is 14.6. The Bertz CT molecular complexity index is 1220. The molecule has 5 heteroatoms. The van der Waals surface area contributed by atoms with E-state index in [1.165, 1.54) is 36.0 Å². The van der Waals surface area contributed by atoms with Crippen LogP contribution in [0.2, 0.25) is 0 Å². The number of ether oxygens (including phenoxy) is 1. The molecule has 0 bridgehead atoms. The maximum absolute atomic E-state index is 12.0. The Morgan fingerprint density at radius 1 is 1.00 bits per heavy atom. The first-order valence-corrected chi connectivity index (χ1v) is 14.4. The first kappa shape index (κ1) is 25.9. The lowest BCUT2D eigenvalue weighted by Gasteiger charge is -2.32. The molecule has 0 aromatic heterocycles. The number of carboxylic acids is 1. The summed E-state index contributed by atoms with van der Waals surface area (Å²) in [5.74, 6) is 1.84. The smallest absolute Gasteiger partial charge is 0.313 e. The molecule has 1 fully saturated rings. The molecule has 0 aliphatic carbocycles. The van der Waals surface area contributed by atoms with Gasteiger partial charge in [0.05, 0.1) is 10.7 Å². The van der Waals surface area contributed by atoms with E-state index in [-0.39, 0.29) is 5.25 Å². The molecule has 3 aromatic carbocycles. The van der Waals surface area contributed by atoms with E-state index in [2.05, 4.69) is 65.6 Å². The summed E-state index contributed by atoms with van der Waals surface area (Å²) in [6.07, 6.45) is 3.71. The minimum atomic E-state index is -0.958. The Morgan fingerprint density at radius 3 is 2.49 bits per heavy atom. The second kappa shape index (κ2) is 11.3. The van der Waals surface area contributed by atoms with E-state index in [0.717, 1.165) is 48.2 Å². The van der Waals surface area contributed by atoms with Gasteiger partial charge in [-0.25, -0.2) is 0 Å². The highest BCUT2D eigenvalue weighted by Crippen LogP contribution is 2.45. The fraction of sp³-hybridized carbons (Fsp3) is 0.406. The van der Waals surface area contributed by atoms with Crippen LogP contribution >= 0.6 is 11.8 Å². The number of likely N-dealkylation sites (tertiary alicyclic amines) is 1. The van der Waals surface area contributed by atoms with Crippen LogP contribution in [0.5, 0.6) is 5.75 Å². The van der Waals surface area contributed by atoms with E-state index in [0.29, 0.717) is 6.61 Å². The largest absolute Gasteiger partial charge is 0.489 e. The number of rotatable bonds is 8. The number of nitrogens with zero attached hydrogens (tertiary/aromatic N) is 1. The van der Waals surface area contributed by atoms with Crippen LogP contribution < -0.4 is 4.74 Å². The summed E-state index contributed by atoms with van der Waals surface area (Å²) in [5, 5.41) is 9.94. The SMILES string of the molecule is CC(C)(C(=O)O)c1ccc2c(c1)C(SCCN1CCC(Cc3ccccc3)CC1)c1ccccc1CO2. The van der Waals surface area contributed by atoms with E-state index in [9.17, 15) is 9.90 Å². The van der Waals surface area contributed by atoms with Crippen LogP contribution in [-0.2, 0) is 23.2 Å². The van der Waals surface area contributed by atoms with Gasteiger partial charge in [-0.05, 0) is 86.5 Å². The van der Waals surface area contributed by atoms with Crippen molar-refractivity contribution in [1.82, 2.24) is 4.90 Å². The van der Waals surface area contributed by atoms with E-state index in [1.54, 1.807) is 13.8 Å². The summed E-state index contributed by atoms with van der Waals surface area (Å²) >= 11 is 1.95. The molecule has 2 aliphatic heterocycles. The van der Waals surface area contributed by atoms with Gasteiger partial charge >= 0.3 is 5.97 Å². The molecule has 37 heavy (non-hydrogen) atoms. The van der Waals surface area contributed by atoms with Crippen LogP contribution in [0.25, 0.3) is 0 Å². The third kappa shape index (κ3) is 5.89. The van der Waals surface area contributed by atoms with Gasteiger partial charge in [0.1, 0.15) is 12.4 Å². The van der Waals surface area contributed by atoms with Crippen LogP contribution in [0, 0.1) is 5.92 Å². The zero-order chi connectivity index (χ0) is 25.8. The quantitative estimate of drug-likeness (QED) is 0.361. The lowest BCUT2D eigenvalue weighted by molar-refractivity contribution is -0.142. The monoisotopic (exact) mass is 515 g/mol. The van der Waals surface area contributed by atoms with Crippen LogP contribution in [0.4, 0.5) is 0 Å². The standard InChI is InChI=1S/C32H37NO3S/c1-32(2,31(34)35)26-12-13-29-28(21-26)30(27-11-7-6-10-25(27)22-36-29)37-19-18-33-16-14-24(15-17-33)20-23-8-4-3-5-9-23/h3-13,21,24,30H,14-20,22H2,1-2H3,(H,34,35). The Balaban J connectivity index is 1.27. The molecule has 1 unspecified atom stereocenters. The number of benzene rings is 3. The van der Waals surface area contributed by atoms with Gasteiger partial charge in [0.15, 0.2) is 0 Å². The van der Waals surface area contributed by atoms with Gasteiger partial charge in [-0.2, -0.15) is 0 Å². The number of fused-ring (bicyclic) bond motifs is 2. The van der Waals surface area contributed by atoms with Crippen molar-refractivity contribution in [2.75, 3.05) is 25.4 Å². The van der Waals surface area contributed by atoms with Gasteiger partial charge in [-0.15, -0.1) is 11.8 Å². The maximum atomic E-state index is 12.0. The maximum Gasteiger partial charge on any atom is 0.313 e. The lowest BCUT2D eigenvalue weighted by Crippen LogP contribution is -2.35. The van der Waals surface area contributed by atoms with Gasteiger partial charge < -0.3 is 14.7 Å². The summed E-state index contributed by atoms with van der Waals surface area (Å²) in [5.41, 5.74) is 4.88. The van der Waals surface area contributed by atoms with Crippen molar-refractivity contribution in [2.24, 2.45) is 5.92 Å². The van der Waals surface area contributed by atoms with E-state index in [4.69, 9.17) is 4.74 Å². The first-order valence-electron chi connectivity index (χ1n) is 13.4. The molecule has 1 atom stereocenters. The predicted molar refractivity (Wildman–Crippen MR) is 151 cm³/mol. The zero-order valence-corrected chi connectivity index (χ0v) is 22.7. The Morgan fingerprint density at radius 2 is 1.73 bits per heavy atom. The fourth-order valence-electron chi connectivity index (χ4n) is 5.48. The molecule has 2 aliphatic rings. The molecule has 3 aromatic rings. The van der Waals surface area contributed by atoms with Crippen LogP contribution in [0.1, 0.15) is 59.8 Å². The number of hydrogen-bond acceptors (Lipinski definition) is 4. The van der Waals surface area contributed by atoms with Gasteiger partial charge in [0.2, 0.25) is 0 Å². The van der Waals surface area contributed by atoms with Crippen LogP contribution in [0.15, 0.2) is 72.8 Å². The number of hydrogen-bond donors (Lipinski definition) is 1. The Labute approximate surface area is 225 Å². The third-order valence-corrected chi connectivity index (χ3v) is 9.30. The number of piperidine rings is 1. The lowest BCUT2D eigenvalue weighted by atomic mass is 9.83. The highest BCUT2D eigenvalue weighted by atomic mass is 32.2. The zero-order valence-electron chi connectivity index (χ0n) is 21.9. The number of thioether (sulfide) groups is 1. The minimum absolute atomic E-state index is 0.119. The molecule has 4 nitrogen and oxygen atoms in total. The van der Waals surface area contributed by atoms with Crippen molar-refractivity contribution >= 4 is 17.7 Å². The molecule has 1 saturated heterocycles. The van der Waals surface area contributed by atoms with E-state index >= 15 is 0 Å². The summed E-state index contributed by atoms with van der Waals surface area (Å²) in [7, 11) is 0. The molecule has 0 spiro atoms. The van der Waals surface area contributed by atoms with Gasteiger partial charge in [-0.3, -0.25) is 4.79 Å². The average molecular weight is 516 g/mol. The number of carbonyl (C=O) groups is 1. The predicted octanol–water partition coefficient (Wildman–Crippen LogP) is 6.72. The van der Waals surface area contributed by atoms with E-state index < -0.39 is 11.4 Å². The fourth-order valence-corrected chi connectivity index (χ4v) is 6.85. The average Bonchev–Trinajstić information content (AvgIpc) is 3.07. The number of carboxylic acid groups (broad SMARTS) is 1. The normalized spacial score (nSPS) is 18.4. The first-order chi connectivity index (χ1) is 17.9. The van der Waals surface area contributed by atoms with Crippen molar-refractivity contribution in [2.45, 2.75) is 50.4 Å². The van der Waals surface area contributed by atoms with Crippen LogP contribution in [-0.4, -0.2) is 41.4 Å². The molecular formula is C32H37NO3S. The molecule has 1 N–H and O–H groups in total. The van der Waals surface area contributed by atoms with Crippen molar-refractivity contribution in [3.8, 4) is 5.75 Å². The van der Waals surface area contributed by atoms with Crippen molar-refractivity contribution in [3.63, 3.8) is 0 Å². The van der Waals surface area contributed by atoms with Gasteiger partial charge in [0.25, 0.3) is 0 Å². The van der Waals surface area contributed by atoms with Gasteiger partial charge in [0, 0.05) is 17.9 Å². The highest BCUT2D eigenvalue weighted by Gasteiger charge is 2.33. The summed E-state index contributed by atoms with van der Waals surface area (Å²) in [6, 6.07) is 25.3. The molecular weight excluding hydrogens is 478 g/mol. The molecule has 0 amide bonds. The third-order valence-electron chi connectivity index (χ3n) is 8.04. The van der Waals surface area contributed by atoms with Gasteiger partial charge in [-0.1, -0.05) is 60.7 Å².